The van der Waals surface area contributed by atoms with Crippen LogP contribution in [0.3, 0.4) is 0 Å². The highest BCUT2D eigenvalue weighted by Crippen LogP contribution is 2.27. The molecule has 0 aliphatic heterocycles. The van der Waals surface area contributed by atoms with Gasteiger partial charge in [-0.05, 0) is 19.1 Å². The topological polar surface area (TPSA) is 54.5 Å². The largest absolute Gasteiger partial charge is 0.342 e. The lowest BCUT2D eigenvalue weighted by Crippen LogP contribution is -2.39. The summed E-state index contributed by atoms with van der Waals surface area (Å²) in [6, 6.07) is 7.18. The summed E-state index contributed by atoms with van der Waals surface area (Å²) in [6.45, 7) is 3.37. The van der Waals surface area contributed by atoms with Gasteiger partial charge in [0.2, 0.25) is 5.91 Å². The minimum absolute atomic E-state index is 0.00337. The molecule has 4 nitrogen and oxygen atoms in total. The van der Waals surface area contributed by atoms with Crippen molar-refractivity contribution < 1.29 is 13.2 Å². The lowest BCUT2D eigenvalue weighted by atomic mass is 10.3. The van der Waals surface area contributed by atoms with Crippen LogP contribution < -0.4 is 0 Å². The van der Waals surface area contributed by atoms with Crippen molar-refractivity contribution in [2.24, 2.45) is 0 Å². The Morgan fingerprint density at radius 1 is 1.36 bits per heavy atom. The number of benzene rings is 1. The van der Waals surface area contributed by atoms with Gasteiger partial charge < -0.3 is 4.90 Å². The zero-order chi connectivity index (χ0) is 16.8. The normalized spacial score (nSPS) is 12.9. The maximum Gasteiger partial charge on any atom is 0.223 e. The molecule has 0 fully saturated rings. The summed E-state index contributed by atoms with van der Waals surface area (Å²) in [6.07, 6.45) is 0.350. The standard InChI is InChI=1S/C15H22ClNO3S2/c1-4-22(19,20)11-12(2)17(3)15(18)9-10-21-14-8-6-5-7-13(14)16/h5-8,12H,4,9-11H2,1-3H3. The van der Waals surface area contributed by atoms with Crippen LogP contribution >= 0.6 is 23.4 Å². The van der Waals surface area contributed by atoms with E-state index in [0.29, 0.717) is 17.2 Å². The van der Waals surface area contributed by atoms with Gasteiger partial charge in [-0.1, -0.05) is 30.7 Å². The molecule has 7 heteroatoms. The molecule has 1 aromatic carbocycles. The predicted molar refractivity (Wildman–Crippen MR) is 93.4 cm³/mol. The number of nitrogens with zero attached hydrogens (tertiary/aromatic N) is 1. The number of hydrogen-bond donors (Lipinski definition) is 0. The maximum atomic E-state index is 12.1. The van der Waals surface area contributed by atoms with Gasteiger partial charge in [0.1, 0.15) is 0 Å². The molecular formula is C15H22ClNO3S2. The summed E-state index contributed by atoms with van der Waals surface area (Å²) in [5.74, 6) is 0.656. The smallest absolute Gasteiger partial charge is 0.223 e. The first kappa shape index (κ1) is 19.3. The van der Waals surface area contributed by atoms with E-state index in [2.05, 4.69) is 0 Å². The van der Waals surface area contributed by atoms with E-state index in [1.807, 2.05) is 24.3 Å². The number of hydrogen-bond acceptors (Lipinski definition) is 4. The Hall–Kier alpha value is -0.720. The Morgan fingerprint density at radius 2 is 2.00 bits per heavy atom. The summed E-state index contributed by atoms with van der Waals surface area (Å²) in [4.78, 5) is 14.6. The molecule has 0 aliphatic carbocycles. The van der Waals surface area contributed by atoms with Crippen molar-refractivity contribution >= 4 is 39.1 Å². The molecule has 0 aromatic heterocycles. The van der Waals surface area contributed by atoms with Gasteiger partial charge in [-0.3, -0.25) is 4.79 Å². The van der Waals surface area contributed by atoms with E-state index in [1.54, 1.807) is 20.9 Å². The molecular weight excluding hydrogens is 342 g/mol. The van der Waals surface area contributed by atoms with Crippen LogP contribution in [0.5, 0.6) is 0 Å². The summed E-state index contributed by atoms with van der Waals surface area (Å²) in [5, 5.41) is 0.677. The summed E-state index contributed by atoms with van der Waals surface area (Å²) in [5.41, 5.74) is 0. The van der Waals surface area contributed by atoms with Crippen molar-refractivity contribution in [3.63, 3.8) is 0 Å². The second kappa shape index (κ2) is 8.79. The number of amides is 1. The molecule has 1 atom stereocenters. The van der Waals surface area contributed by atoms with E-state index < -0.39 is 9.84 Å². The van der Waals surface area contributed by atoms with Crippen molar-refractivity contribution in [3.8, 4) is 0 Å². The molecule has 124 valence electrons. The molecule has 0 saturated heterocycles. The lowest BCUT2D eigenvalue weighted by Gasteiger charge is -2.24. The molecule has 0 bridgehead atoms. The third-order valence-corrected chi connectivity index (χ3v) is 6.79. The van der Waals surface area contributed by atoms with Gasteiger partial charge in [-0.15, -0.1) is 11.8 Å². The molecule has 0 spiro atoms. The molecule has 0 aliphatic rings. The van der Waals surface area contributed by atoms with Crippen LogP contribution in [0.25, 0.3) is 0 Å². The highest BCUT2D eigenvalue weighted by molar-refractivity contribution is 7.99. The van der Waals surface area contributed by atoms with Crippen molar-refractivity contribution in [1.82, 2.24) is 4.90 Å². The Labute approximate surface area is 142 Å². The van der Waals surface area contributed by atoms with Crippen LogP contribution in [0, 0.1) is 0 Å². The first-order valence-corrected chi connectivity index (χ1v) is 10.3. The molecule has 1 amide bonds. The Morgan fingerprint density at radius 3 is 2.59 bits per heavy atom. The van der Waals surface area contributed by atoms with Crippen molar-refractivity contribution in [1.29, 1.82) is 0 Å². The fraction of sp³-hybridized carbons (Fsp3) is 0.533. The van der Waals surface area contributed by atoms with Gasteiger partial charge in [-0.2, -0.15) is 0 Å². The number of thioether (sulfide) groups is 1. The van der Waals surface area contributed by atoms with E-state index in [0.717, 1.165) is 4.90 Å². The molecule has 1 aromatic rings. The van der Waals surface area contributed by atoms with Crippen LogP contribution in [-0.4, -0.2) is 49.6 Å². The van der Waals surface area contributed by atoms with Crippen LogP contribution in [0.1, 0.15) is 20.3 Å². The number of rotatable bonds is 8. The van der Waals surface area contributed by atoms with Crippen molar-refractivity contribution in [3.05, 3.63) is 29.3 Å². The second-order valence-electron chi connectivity index (χ2n) is 5.08. The van der Waals surface area contributed by atoms with E-state index in [1.165, 1.54) is 16.7 Å². The summed E-state index contributed by atoms with van der Waals surface area (Å²) < 4.78 is 23.2. The van der Waals surface area contributed by atoms with Gasteiger partial charge in [0.25, 0.3) is 0 Å². The van der Waals surface area contributed by atoms with E-state index in [-0.39, 0.29) is 23.5 Å². The van der Waals surface area contributed by atoms with Crippen LogP contribution in [0.2, 0.25) is 5.02 Å². The third-order valence-electron chi connectivity index (χ3n) is 3.40. The number of carbonyl (C=O) groups excluding carboxylic acids is 1. The van der Waals surface area contributed by atoms with Gasteiger partial charge in [-0.25, -0.2) is 8.42 Å². The first-order chi connectivity index (χ1) is 10.3. The minimum Gasteiger partial charge on any atom is -0.342 e. The fourth-order valence-electron chi connectivity index (χ4n) is 1.83. The van der Waals surface area contributed by atoms with Gasteiger partial charge in [0.05, 0.1) is 10.8 Å². The van der Waals surface area contributed by atoms with Crippen LogP contribution in [0.4, 0.5) is 0 Å². The quantitative estimate of drug-likeness (QED) is 0.666. The Kier molecular flexibility index (Phi) is 7.72. The average Bonchev–Trinajstić information content (AvgIpc) is 2.47. The zero-order valence-electron chi connectivity index (χ0n) is 13.1. The lowest BCUT2D eigenvalue weighted by molar-refractivity contribution is -0.130. The van der Waals surface area contributed by atoms with E-state index >= 15 is 0 Å². The summed E-state index contributed by atoms with van der Waals surface area (Å²) in [7, 11) is -1.43. The predicted octanol–water partition coefficient (Wildman–Crippen LogP) is 3.10. The van der Waals surface area contributed by atoms with Crippen molar-refractivity contribution in [2.75, 3.05) is 24.3 Å². The molecule has 1 rings (SSSR count). The first-order valence-electron chi connectivity index (χ1n) is 7.10. The van der Waals surface area contributed by atoms with Crippen molar-refractivity contribution in [2.45, 2.75) is 31.2 Å². The Bertz CT molecular complexity index is 605. The maximum absolute atomic E-state index is 12.1. The van der Waals surface area contributed by atoms with Gasteiger partial charge >= 0.3 is 0 Å². The number of halogens is 1. The molecule has 1 unspecified atom stereocenters. The third kappa shape index (κ3) is 6.18. The van der Waals surface area contributed by atoms with Gasteiger partial charge in [0.15, 0.2) is 9.84 Å². The minimum atomic E-state index is -3.08. The molecule has 0 radical (unpaired) electrons. The van der Waals surface area contributed by atoms with Crippen LogP contribution in [-0.2, 0) is 14.6 Å². The monoisotopic (exact) mass is 363 g/mol. The SMILES string of the molecule is CCS(=O)(=O)CC(C)N(C)C(=O)CCSc1ccccc1Cl. The fourth-order valence-corrected chi connectivity index (χ4v) is 4.20. The van der Waals surface area contributed by atoms with Gasteiger partial charge in [0, 0.05) is 35.9 Å². The highest BCUT2D eigenvalue weighted by atomic mass is 35.5. The summed E-state index contributed by atoms with van der Waals surface area (Å²) >= 11 is 7.58. The number of carbonyl (C=O) groups is 1. The molecule has 22 heavy (non-hydrogen) atoms. The molecule has 0 N–H and O–H groups in total. The zero-order valence-corrected chi connectivity index (χ0v) is 15.5. The molecule has 0 heterocycles. The molecule has 0 saturated carbocycles. The second-order valence-corrected chi connectivity index (χ2v) is 9.02. The number of sulfone groups is 1. The average molecular weight is 364 g/mol. The van der Waals surface area contributed by atoms with E-state index in [4.69, 9.17) is 11.6 Å². The highest BCUT2D eigenvalue weighted by Gasteiger charge is 2.21. The van der Waals surface area contributed by atoms with E-state index in [9.17, 15) is 13.2 Å². The Balaban J connectivity index is 2.46. The van der Waals surface area contributed by atoms with Crippen LogP contribution in [0.15, 0.2) is 29.2 Å².